The number of aromatic nitrogens is 1. The zero-order chi connectivity index (χ0) is 23.3. The number of hydrogen-bond acceptors (Lipinski definition) is 5. The summed E-state index contributed by atoms with van der Waals surface area (Å²) in [6.07, 6.45) is -3.80. The van der Waals surface area contributed by atoms with Crippen LogP contribution in [0.4, 0.5) is 19.0 Å². The van der Waals surface area contributed by atoms with Gasteiger partial charge in [-0.15, -0.1) is 0 Å². The van der Waals surface area contributed by atoms with Crippen molar-refractivity contribution in [1.29, 1.82) is 0 Å². The molecule has 0 unspecified atom stereocenters. The van der Waals surface area contributed by atoms with E-state index in [1.54, 1.807) is 24.4 Å². The zero-order valence-corrected chi connectivity index (χ0v) is 17.5. The van der Waals surface area contributed by atoms with Crippen LogP contribution in [0.2, 0.25) is 0 Å². The number of carbonyl (C=O) groups is 2. The van der Waals surface area contributed by atoms with Gasteiger partial charge in [0.2, 0.25) is 5.91 Å². The number of benzene rings is 1. The highest BCUT2D eigenvalue weighted by Crippen LogP contribution is 2.38. The van der Waals surface area contributed by atoms with Crippen LogP contribution in [0.25, 0.3) is 11.1 Å². The van der Waals surface area contributed by atoms with Gasteiger partial charge in [-0.1, -0.05) is 24.3 Å². The number of aliphatic hydroxyl groups excluding tert-OH is 1. The summed E-state index contributed by atoms with van der Waals surface area (Å²) in [6.45, 7) is 1.23. The van der Waals surface area contributed by atoms with Gasteiger partial charge in [-0.3, -0.25) is 14.5 Å². The van der Waals surface area contributed by atoms with Crippen molar-refractivity contribution in [2.45, 2.75) is 38.0 Å². The fourth-order valence-electron chi connectivity index (χ4n) is 3.63. The second-order valence-electron chi connectivity index (χ2n) is 7.51. The Labute approximate surface area is 183 Å². The molecule has 0 fully saturated rings. The number of alkyl halides is 3. The Morgan fingerprint density at radius 1 is 1.22 bits per heavy atom. The predicted molar refractivity (Wildman–Crippen MR) is 113 cm³/mol. The number of aliphatic hydroxyl groups is 1. The lowest BCUT2D eigenvalue weighted by molar-refractivity contribution is -0.135. The number of amides is 2. The van der Waals surface area contributed by atoms with Crippen LogP contribution >= 0.6 is 0 Å². The number of halogens is 3. The largest absolute Gasteiger partial charge is 0.395 e. The summed E-state index contributed by atoms with van der Waals surface area (Å²) >= 11 is 0. The SMILES string of the molecule is C[C@H](NCCCC(F)(F)F)C(=O)N[C@@H]1C(=O)N(CCO)c2ncccc2-c2ccccc21. The number of nitrogens with zero attached hydrogens (tertiary/aromatic N) is 2. The highest BCUT2D eigenvalue weighted by Gasteiger charge is 2.36. The standard InChI is InChI=1S/C22H25F3N4O3/c1-14(26-11-5-9-22(23,24)25)20(31)28-18-16-7-3-2-6-15(16)17-8-4-10-27-19(17)29(12-13-30)21(18)32/h2-4,6-8,10,14,18,26,30H,5,9,11-13H2,1H3,(H,28,31)/t14-,18-/m0/s1. The Balaban J connectivity index is 1.83. The molecule has 0 bridgehead atoms. The number of β-amino-alcohol motifs (C(OH)–C–C–N with tert-alkyl or cyclic N) is 1. The molecule has 0 saturated carbocycles. The molecule has 10 heteroatoms. The summed E-state index contributed by atoms with van der Waals surface area (Å²) in [5.41, 5.74) is 1.99. The Morgan fingerprint density at radius 3 is 2.66 bits per heavy atom. The van der Waals surface area contributed by atoms with E-state index in [0.29, 0.717) is 16.9 Å². The van der Waals surface area contributed by atoms with E-state index in [9.17, 15) is 27.9 Å². The summed E-state index contributed by atoms with van der Waals surface area (Å²) in [5, 5.41) is 15.0. The molecule has 1 aliphatic heterocycles. The molecule has 32 heavy (non-hydrogen) atoms. The van der Waals surface area contributed by atoms with Crippen molar-refractivity contribution >= 4 is 17.6 Å². The van der Waals surface area contributed by atoms with Crippen LogP contribution in [0, 0.1) is 0 Å². The Hall–Kier alpha value is -2.98. The molecule has 7 nitrogen and oxygen atoms in total. The number of carbonyl (C=O) groups excluding carboxylic acids is 2. The molecule has 3 rings (SSSR count). The molecule has 0 saturated heterocycles. The first-order chi connectivity index (χ1) is 15.2. The number of hydrogen-bond donors (Lipinski definition) is 3. The van der Waals surface area contributed by atoms with E-state index in [4.69, 9.17) is 0 Å². The van der Waals surface area contributed by atoms with Crippen molar-refractivity contribution < 1.29 is 27.9 Å². The Bertz CT molecular complexity index is 967. The molecule has 1 aromatic heterocycles. The highest BCUT2D eigenvalue weighted by atomic mass is 19.4. The molecular formula is C22H25F3N4O3. The number of rotatable bonds is 8. The van der Waals surface area contributed by atoms with Gasteiger partial charge in [-0.05, 0) is 43.1 Å². The third-order valence-corrected chi connectivity index (χ3v) is 5.21. The fraction of sp³-hybridized carbons (Fsp3) is 0.409. The number of pyridine rings is 1. The van der Waals surface area contributed by atoms with Gasteiger partial charge in [0.25, 0.3) is 5.91 Å². The van der Waals surface area contributed by atoms with E-state index >= 15 is 0 Å². The van der Waals surface area contributed by atoms with E-state index < -0.39 is 36.5 Å². The molecule has 2 heterocycles. The summed E-state index contributed by atoms with van der Waals surface area (Å²) in [6, 6.07) is 8.82. The van der Waals surface area contributed by atoms with Crippen LogP contribution in [0.5, 0.6) is 0 Å². The van der Waals surface area contributed by atoms with Crippen molar-refractivity contribution in [2.75, 3.05) is 24.6 Å². The molecule has 0 aliphatic carbocycles. The van der Waals surface area contributed by atoms with Crippen LogP contribution in [0.1, 0.15) is 31.4 Å². The second kappa shape index (κ2) is 10.1. The van der Waals surface area contributed by atoms with Gasteiger partial charge in [-0.25, -0.2) is 4.98 Å². The first-order valence-corrected chi connectivity index (χ1v) is 10.3. The normalized spacial score (nSPS) is 16.7. The lowest BCUT2D eigenvalue weighted by Crippen LogP contribution is -2.49. The molecule has 1 aromatic carbocycles. The maximum Gasteiger partial charge on any atom is 0.389 e. The van der Waals surface area contributed by atoms with Gasteiger partial charge in [0.15, 0.2) is 0 Å². The van der Waals surface area contributed by atoms with Gasteiger partial charge in [-0.2, -0.15) is 13.2 Å². The predicted octanol–water partition coefficient (Wildman–Crippen LogP) is 2.57. The molecule has 2 aromatic rings. The van der Waals surface area contributed by atoms with Crippen molar-refractivity contribution in [2.24, 2.45) is 0 Å². The second-order valence-corrected chi connectivity index (χ2v) is 7.51. The van der Waals surface area contributed by atoms with Crippen molar-refractivity contribution in [3.05, 3.63) is 48.2 Å². The number of anilines is 1. The lowest BCUT2D eigenvalue weighted by Gasteiger charge is -2.26. The van der Waals surface area contributed by atoms with Crippen LogP contribution in [-0.4, -0.2) is 53.8 Å². The minimum atomic E-state index is -4.25. The minimum absolute atomic E-state index is 0.00550. The lowest BCUT2D eigenvalue weighted by atomic mass is 9.96. The average molecular weight is 450 g/mol. The molecule has 172 valence electrons. The van der Waals surface area contributed by atoms with Gasteiger partial charge >= 0.3 is 6.18 Å². The highest BCUT2D eigenvalue weighted by molar-refractivity contribution is 6.05. The Morgan fingerprint density at radius 2 is 1.94 bits per heavy atom. The molecule has 0 spiro atoms. The van der Waals surface area contributed by atoms with E-state index in [-0.39, 0.29) is 26.1 Å². The third-order valence-electron chi connectivity index (χ3n) is 5.21. The van der Waals surface area contributed by atoms with Gasteiger partial charge in [0, 0.05) is 18.2 Å². The Kier molecular flexibility index (Phi) is 7.47. The van der Waals surface area contributed by atoms with Crippen LogP contribution in [0.3, 0.4) is 0 Å². The molecule has 1 aliphatic rings. The van der Waals surface area contributed by atoms with E-state index in [1.165, 1.54) is 11.8 Å². The zero-order valence-electron chi connectivity index (χ0n) is 17.5. The molecule has 2 amide bonds. The fourth-order valence-corrected chi connectivity index (χ4v) is 3.63. The first kappa shape index (κ1) is 23.7. The van der Waals surface area contributed by atoms with Gasteiger partial charge < -0.3 is 15.7 Å². The van der Waals surface area contributed by atoms with Crippen LogP contribution in [-0.2, 0) is 9.59 Å². The smallest absolute Gasteiger partial charge is 0.389 e. The van der Waals surface area contributed by atoms with Crippen LogP contribution in [0.15, 0.2) is 42.6 Å². The van der Waals surface area contributed by atoms with Crippen molar-refractivity contribution in [1.82, 2.24) is 15.6 Å². The summed E-state index contributed by atoms with van der Waals surface area (Å²) in [4.78, 5) is 31.8. The maximum atomic E-state index is 13.4. The number of fused-ring (bicyclic) bond motifs is 3. The minimum Gasteiger partial charge on any atom is -0.395 e. The van der Waals surface area contributed by atoms with E-state index in [2.05, 4.69) is 15.6 Å². The third kappa shape index (κ3) is 5.43. The van der Waals surface area contributed by atoms with E-state index in [1.807, 2.05) is 18.2 Å². The monoisotopic (exact) mass is 450 g/mol. The molecular weight excluding hydrogens is 425 g/mol. The van der Waals surface area contributed by atoms with E-state index in [0.717, 1.165) is 5.56 Å². The number of nitrogens with one attached hydrogen (secondary N) is 2. The van der Waals surface area contributed by atoms with Crippen LogP contribution < -0.4 is 15.5 Å². The van der Waals surface area contributed by atoms with Crippen molar-refractivity contribution in [3.8, 4) is 11.1 Å². The summed E-state index contributed by atoms with van der Waals surface area (Å²) in [5.74, 6) is -0.594. The van der Waals surface area contributed by atoms with Gasteiger partial charge in [0.05, 0.1) is 19.2 Å². The quantitative estimate of drug-likeness (QED) is 0.538. The first-order valence-electron chi connectivity index (χ1n) is 10.3. The average Bonchev–Trinajstić information content (AvgIpc) is 2.86. The molecule has 3 N–H and O–H groups in total. The summed E-state index contributed by atoms with van der Waals surface area (Å²) < 4.78 is 36.9. The summed E-state index contributed by atoms with van der Waals surface area (Å²) in [7, 11) is 0. The molecule has 2 atom stereocenters. The molecule has 0 radical (unpaired) electrons. The van der Waals surface area contributed by atoms with Gasteiger partial charge in [0.1, 0.15) is 11.9 Å². The topological polar surface area (TPSA) is 94.6 Å². The maximum absolute atomic E-state index is 13.4. The van der Waals surface area contributed by atoms with Crippen molar-refractivity contribution in [3.63, 3.8) is 0 Å².